The molecule has 0 aromatic rings. The molecule has 0 aliphatic carbocycles. The summed E-state index contributed by atoms with van der Waals surface area (Å²) < 4.78 is 0. The smallest absolute Gasteiger partial charge is 0.209 e. The average molecular weight is 141 g/mol. The van der Waals surface area contributed by atoms with Crippen LogP contribution in [0.25, 0.3) is 0 Å². The van der Waals surface area contributed by atoms with E-state index in [1.165, 1.54) is 0 Å². The van der Waals surface area contributed by atoms with Crippen LogP contribution in [0.4, 0.5) is 0 Å². The summed E-state index contributed by atoms with van der Waals surface area (Å²) in [4.78, 5) is 22.2. The van der Waals surface area contributed by atoms with Crippen molar-refractivity contribution < 1.29 is 9.59 Å². The summed E-state index contributed by atoms with van der Waals surface area (Å²) in [6.07, 6.45) is 2.57. The normalized spacial score (nSPS) is 32.3. The van der Waals surface area contributed by atoms with Gasteiger partial charge in [0, 0.05) is 18.5 Å². The van der Waals surface area contributed by atoms with Crippen molar-refractivity contribution in [1.82, 2.24) is 4.90 Å². The van der Waals surface area contributed by atoms with Crippen molar-refractivity contribution in [1.29, 1.82) is 0 Å². The molecular formula is C7H11NO2. The lowest BCUT2D eigenvalue weighted by atomic mass is 10.1. The first-order chi connectivity index (χ1) is 4.77. The van der Waals surface area contributed by atoms with Gasteiger partial charge < -0.3 is 9.69 Å². The van der Waals surface area contributed by atoms with Gasteiger partial charge in [0.05, 0.1) is 0 Å². The minimum absolute atomic E-state index is 0.0696. The number of hydrogen-bond acceptors (Lipinski definition) is 2. The zero-order valence-corrected chi connectivity index (χ0v) is 5.99. The second-order valence-corrected chi connectivity index (χ2v) is 2.78. The third-order valence-corrected chi connectivity index (χ3v) is 1.98. The Morgan fingerprint density at radius 1 is 1.50 bits per heavy atom. The quantitative estimate of drug-likeness (QED) is 0.510. The van der Waals surface area contributed by atoms with E-state index in [-0.39, 0.29) is 12.0 Å². The second-order valence-electron chi connectivity index (χ2n) is 2.78. The summed E-state index contributed by atoms with van der Waals surface area (Å²) >= 11 is 0. The fourth-order valence-electron chi connectivity index (χ4n) is 1.34. The number of likely N-dealkylation sites (tertiary alicyclic amines) is 1. The van der Waals surface area contributed by atoms with E-state index in [1.807, 2.05) is 6.92 Å². The first-order valence-electron chi connectivity index (χ1n) is 3.44. The minimum atomic E-state index is 0.0696. The van der Waals surface area contributed by atoms with E-state index in [4.69, 9.17) is 0 Å². The van der Waals surface area contributed by atoms with Crippen molar-refractivity contribution in [2.24, 2.45) is 5.92 Å². The highest BCUT2D eigenvalue weighted by Gasteiger charge is 2.26. The molecule has 3 heteroatoms. The summed E-state index contributed by atoms with van der Waals surface area (Å²) in [5.74, 6) is 0.0696. The lowest BCUT2D eigenvalue weighted by molar-refractivity contribution is -0.118. The molecule has 0 spiro atoms. The molecule has 3 nitrogen and oxygen atoms in total. The van der Waals surface area contributed by atoms with Crippen LogP contribution in [0.15, 0.2) is 0 Å². The van der Waals surface area contributed by atoms with Gasteiger partial charge in [-0.3, -0.25) is 4.79 Å². The Balaban J connectivity index is 2.51. The summed E-state index contributed by atoms with van der Waals surface area (Å²) in [6.45, 7) is 2.56. The van der Waals surface area contributed by atoms with Gasteiger partial charge in [0.15, 0.2) is 0 Å². The lowest BCUT2D eigenvalue weighted by Crippen LogP contribution is -2.25. The fraction of sp³-hybridized carbons (Fsp3) is 0.714. The number of amides is 1. The number of hydrogen-bond donors (Lipinski definition) is 0. The van der Waals surface area contributed by atoms with Gasteiger partial charge in [-0.15, -0.1) is 0 Å². The number of rotatable bonds is 2. The molecule has 0 bridgehead atoms. The monoisotopic (exact) mass is 141 g/mol. The van der Waals surface area contributed by atoms with Crippen LogP contribution in [0.1, 0.15) is 13.3 Å². The van der Waals surface area contributed by atoms with E-state index in [2.05, 4.69) is 0 Å². The molecule has 0 N–H and O–H groups in total. The molecular weight excluding hydrogens is 130 g/mol. The Labute approximate surface area is 60.0 Å². The summed E-state index contributed by atoms with van der Waals surface area (Å²) in [7, 11) is 0. The molecule has 0 aromatic carbocycles. The van der Waals surface area contributed by atoms with Crippen molar-refractivity contribution in [2.45, 2.75) is 19.4 Å². The maximum atomic E-state index is 10.3. The van der Waals surface area contributed by atoms with E-state index in [9.17, 15) is 9.59 Å². The number of carbonyl (C=O) groups is 2. The molecule has 1 rings (SSSR count). The maximum absolute atomic E-state index is 10.3. The van der Waals surface area contributed by atoms with Gasteiger partial charge in [-0.1, -0.05) is 0 Å². The second kappa shape index (κ2) is 2.82. The predicted octanol–water partition coefficient (Wildman–Crippen LogP) is 0.0521. The highest BCUT2D eigenvalue weighted by atomic mass is 16.1. The average Bonchev–Trinajstić information content (AvgIpc) is 2.30. The first kappa shape index (κ1) is 7.25. The zero-order chi connectivity index (χ0) is 7.56. The predicted molar refractivity (Wildman–Crippen MR) is 36.4 cm³/mol. The molecule has 2 atom stereocenters. The van der Waals surface area contributed by atoms with E-state index in [0.717, 1.165) is 19.1 Å². The number of aldehydes is 1. The highest BCUT2D eigenvalue weighted by molar-refractivity contribution is 5.58. The van der Waals surface area contributed by atoms with Crippen LogP contribution in [0, 0.1) is 5.92 Å². The molecule has 0 radical (unpaired) electrons. The number of carbonyl (C=O) groups excluding carboxylic acids is 2. The molecule has 1 aliphatic rings. The van der Waals surface area contributed by atoms with Crippen LogP contribution in [-0.2, 0) is 9.59 Å². The van der Waals surface area contributed by atoms with Crippen molar-refractivity contribution in [3.05, 3.63) is 0 Å². The lowest BCUT2D eigenvalue weighted by Gasteiger charge is -2.13. The summed E-state index contributed by atoms with van der Waals surface area (Å²) in [5.41, 5.74) is 0. The molecule has 56 valence electrons. The zero-order valence-electron chi connectivity index (χ0n) is 5.99. The standard InChI is InChI=1S/C7H11NO2/c1-6-2-7(4-9)3-8(6)5-10/h4-7H,2-3H2,1H3. The van der Waals surface area contributed by atoms with Crippen molar-refractivity contribution >= 4 is 12.7 Å². The number of nitrogens with zero attached hydrogens (tertiary/aromatic N) is 1. The van der Waals surface area contributed by atoms with Crippen molar-refractivity contribution in [2.75, 3.05) is 6.54 Å². The molecule has 1 aliphatic heterocycles. The molecule has 1 saturated heterocycles. The molecule has 2 unspecified atom stereocenters. The van der Waals surface area contributed by atoms with Gasteiger partial charge in [0.2, 0.25) is 6.41 Å². The molecule has 1 heterocycles. The van der Waals surface area contributed by atoms with Crippen molar-refractivity contribution in [3.8, 4) is 0 Å². The van der Waals surface area contributed by atoms with E-state index >= 15 is 0 Å². The van der Waals surface area contributed by atoms with Crippen LogP contribution < -0.4 is 0 Å². The largest absolute Gasteiger partial charge is 0.342 e. The Hall–Kier alpha value is -0.860. The van der Waals surface area contributed by atoms with Crippen LogP contribution >= 0.6 is 0 Å². The Morgan fingerprint density at radius 2 is 2.20 bits per heavy atom. The Bertz CT molecular complexity index is 147. The van der Waals surface area contributed by atoms with Gasteiger partial charge in [-0.05, 0) is 13.3 Å². The van der Waals surface area contributed by atoms with Gasteiger partial charge in [0.25, 0.3) is 0 Å². The molecule has 10 heavy (non-hydrogen) atoms. The first-order valence-corrected chi connectivity index (χ1v) is 3.44. The van der Waals surface area contributed by atoms with Crippen LogP contribution in [0.5, 0.6) is 0 Å². The molecule has 0 aromatic heterocycles. The van der Waals surface area contributed by atoms with Crippen molar-refractivity contribution in [3.63, 3.8) is 0 Å². The van der Waals surface area contributed by atoms with E-state index < -0.39 is 0 Å². The van der Waals surface area contributed by atoms with Gasteiger partial charge in [-0.2, -0.15) is 0 Å². The SMILES string of the molecule is CC1CC(C=O)CN1C=O. The van der Waals surface area contributed by atoms with Gasteiger partial charge in [-0.25, -0.2) is 0 Å². The molecule has 0 saturated carbocycles. The van der Waals surface area contributed by atoms with Gasteiger partial charge >= 0.3 is 0 Å². The van der Waals surface area contributed by atoms with E-state index in [1.54, 1.807) is 4.90 Å². The Kier molecular flexibility index (Phi) is 2.04. The van der Waals surface area contributed by atoms with Gasteiger partial charge in [0.1, 0.15) is 6.29 Å². The third kappa shape index (κ3) is 1.17. The maximum Gasteiger partial charge on any atom is 0.209 e. The molecule has 1 fully saturated rings. The summed E-state index contributed by atoms with van der Waals surface area (Å²) in [5, 5.41) is 0. The van der Waals surface area contributed by atoms with Crippen LogP contribution in [-0.4, -0.2) is 30.2 Å². The Morgan fingerprint density at radius 3 is 2.50 bits per heavy atom. The van der Waals surface area contributed by atoms with Crippen LogP contribution in [0.2, 0.25) is 0 Å². The molecule has 1 amide bonds. The van der Waals surface area contributed by atoms with Crippen LogP contribution in [0.3, 0.4) is 0 Å². The highest BCUT2D eigenvalue weighted by Crippen LogP contribution is 2.18. The topological polar surface area (TPSA) is 37.4 Å². The van der Waals surface area contributed by atoms with E-state index in [0.29, 0.717) is 6.54 Å². The summed E-state index contributed by atoms with van der Waals surface area (Å²) in [6, 6.07) is 0.243. The minimum Gasteiger partial charge on any atom is -0.342 e. The third-order valence-electron chi connectivity index (χ3n) is 1.98. The fourth-order valence-corrected chi connectivity index (χ4v) is 1.34.